The second-order valence-corrected chi connectivity index (χ2v) is 6.33. The van der Waals surface area contributed by atoms with Gasteiger partial charge in [-0.15, -0.1) is 0 Å². The molecule has 0 aromatic heterocycles. The van der Waals surface area contributed by atoms with E-state index in [1.165, 1.54) is 71.1 Å². The van der Waals surface area contributed by atoms with Gasteiger partial charge in [-0.1, -0.05) is 12.8 Å². The largest absolute Gasteiger partial charge is 0.314 e. The van der Waals surface area contributed by atoms with Gasteiger partial charge in [0, 0.05) is 18.6 Å². The molecule has 0 amide bonds. The minimum absolute atomic E-state index is 0.804. The Hall–Kier alpha value is -0.120. The van der Waals surface area contributed by atoms with Gasteiger partial charge in [-0.05, 0) is 65.8 Å². The zero-order valence-corrected chi connectivity index (χ0v) is 12.3. The maximum absolute atomic E-state index is 3.70. The summed E-state index contributed by atoms with van der Waals surface area (Å²) in [5, 5.41) is 3.70. The van der Waals surface area contributed by atoms with E-state index in [2.05, 4.69) is 29.2 Å². The molecule has 2 rings (SSSR count). The van der Waals surface area contributed by atoms with Gasteiger partial charge in [-0.3, -0.25) is 0 Å². The molecule has 1 saturated heterocycles. The molecular weight excluding hydrogens is 222 g/mol. The summed E-state index contributed by atoms with van der Waals surface area (Å²) in [5.41, 5.74) is 0. The molecule has 2 aliphatic rings. The van der Waals surface area contributed by atoms with Crippen LogP contribution in [-0.2, 0) is 0 Å². The van der Waals surface area contributed by atoms with E-state index < -0.39 is 0 Å². The summed E-state index contributed by atoms with van der Waals surface area (Å²) in [7, 11) is 4.55. The Labute approximate surface area is 113 Å². The van der Waals surface area contributed by atoms with Crippen molar-refractivity contribution in [3.05, 3.63) is 0 Å². The lowest BCUT2D eigenvalue weighted by Gasteiger charge is -2.26. The van der Waals surface area contributed by atoms with E-state index in [1.54, 1.807) is 0 Å². The van der Waals surface area contributed by atoms with Crippen LogP contribution in [-0.4, -0.2) is 62.2 Å². The van der Waals surface area contributed by atoms with E-state index >= 15 is 0 Å². The topological polar surface area (TPSA) is 18.5 Å². The molecular formula is C15H31N3. The fraction of sp³-hybridized carbons (Fsp3) is 1.00. The van der Waals surface area contributed by atoms with Gasteiger partial charge in [-0.2, -0.15) is 0 Å². The number of likely N-dealkylation sites (tertiary alicyclic amines) is 1. The van der Waals surface area contributed by atoms with Gasteiger partial charge in [0.1, 0.15) is 0 Å². The third-order valence-corrected chi connectivity index (χ3v) is 4.70. The lowest BCUT2D eigenvalue weighted by atomic mass is 10.2. The number of likely N-dealkylation sites (N-methyl/N-ethyl adjacent to an activating group) is 2. The lowest BCUT2D eigenvalue weighted by Crippen LogP contribution is -2.38. The Morgan fingerprint density at radius 1 is 1.17 bits per heavy atom. The molecule has 1 aliphatic heterocycles. The van der Waals surface area contributed by atoms with Crippen molar-refractivity contribution in [1.29, 1.82) is 0 Å². The van der Waals surface area contributed by atoms with Crippen LogP contribution in [0.25, 0.3) is 0 Å². The maximum Gasteiger partial charge on any atom is 0.0220 e. The Kier molecular flexibility index (Phi) is 5.93. The number of rotatable bonds is 7. The standard InChI is InChI=1S/C15H31N3/c1-17(13-15-9-5-12-18(15)2)11-6-10-16-14-7-3-4-8-14/h14-16H,3-13H2,1-2H3. The molecule has 0 spiro atoms. The van der Waals surface area contributed by atoms with E-state index in [0.717, 1.165) is 12.1 Å². The van der Waals surface area contributed by atoms with Crippen molar-refractivity contribution in [2.24, 2.45) is 0 Å². The predicted molar refractivity (Wildman–Crippen MR) is 78.0 cm³/mol. The van der Waals surface area contributed by atoms with Crippen molar-refractivity contribution in [2.45, 2.75) is 57.0 Å². The average molecular weight is 253 g/mol. The van der Waals surface area contributed by atoms with Crippen molar-refractivity contribution in [1.82, 2.24) is 15.1 Å². The van der Waals surface area contributed by atoms with E-state index in [0.29, 0.717) is 0 Å². The fourth-order valence-electron chi connectivity index (χ4n) is 3.45. The van der Waals surface area contributed by atoms with Gasteiger partial charge in [0.05, 0.1) is 0 Å². The molecule has 1 aliphatic carbocycles. The summed E-state index contributed by atoms with van der Waals surface area (Å²) < 4.78 is 0. The normalized spacial score (nSPS) is 26.5. The number of nitrogens with zero attached hydrogens (tertiary/aromatic N) is 2. The molecule has 3 nitrogen and oxygen atoms in total. The molecule has 106 valence electrons. The summed E-state index contributed by atoms with van der Waals surface area (Å²) >= 11 is 0. The first-order chi connectivity index (χ1) is 8.75. The summed E-state index contributed by atoms with van der Waals surface area (Å²) in [6.45, 7) is 4.99. The van der Waals surface area contributed by atoms with Crippen LogP contribution >= 0.6 is 0 Å². The Morgan fingerprint density at radius 2 is 1.94 bits per heavy atom. The van der Waals surface area contributed by atoms with Crippen molar-refractivity contribution < 1.29 is 0 Å². The molecule has 1 heterocycles. The zero-order chi connectivity index (χ0) is 12.8. The third-order valence-electron chi connectivity index (χ3n) is 4.70. The molecule has 18 heavy (non-hydrogen) atoms. The number of hydrogen-bond acceptors (Lipinski definition) is 3. The maximum atomic E-state index is 3.70. The predicted octanol–water partition coefficient (Wildman–Crippen LogP) is 1.93. The van der Waals surface area contributed by atoms with E-state index in [4.69, 9.17) is 0 Å². The van der Waals surface area contributed by atoms with E-state index in [-0.39, 0.29) is 0 Å². The van der Waals surface area contributed by atoms with Crippen molar-refractivity contribution in [3.63, 3.8) is 0 Å². The SMILES string of the molecule is CN(CCCNC1CCCC1)CC1CCCN1C. The summed E-state index contributed by atoms with van der Waals surface area (Å²) in [5.74, 6) is 0. The Balaban J connectivity index is 1.50. The van der Waals surface area contributed by atoms with Crippen LogP contribution in [0.4, 0.5) is 0 Å². The van der Waals surface area contributed by atoms with E-state index in [9.17, 15) is 0 Å². The quantitative estimate of drug-likeness (QED) is 0.700. The van der Waals surface area contributed by atoms with Crippen LogP contribution in [0.5, 0.6) is 0 Å². The molecule has 1 saturated carbocycles. The number of nitrogens with one attached hydrogen (secondary N) is 1. The average Bonchev–Trinajstić information content (AvgIpc) is 2.98. The summed E-state index contributed by atoms with van der Waals surface area (Å²) in [6.07, 6.45) is 9.76. The zero-order valence-electron chi connectivity index (χ0n) is 12.3. The Bertz CT molecular complexity index is 226. The second-order valence-electron chi connectivity index (χ2n) is 6.33. The summed E-state index contributed by atoms with van der Waals surface area (Å²) in [4.78, 5) is 5.04. The van der Waals surface area contributed by atoms with Gasteiger partial charge >= 0.3 is 0 Å². The van der Waals surface area contributed by atoms with Crippen LogP contribution in [0, 0.1) is 0 Å². The molecule has 0 aromatic rings. The monoisotopic (exact) mass is 253 g/mol. The third kappa shape index (κ3) is 4.52. The van der Waals surface area contributed by atoms with Crippen LogP contribution in [0.15, 0.2) is 0 Å². The first kappa shape index (κ1) is 14.3. The van der Waals surface area contributed by atoms with Gasteiger partial charge in [0.15, 0.2) is 0 Å². The highest BCUT2D eigenvalue weighted by Crippen LogP contribution is 2.17. The summed E-state index contributed by atoms with van der Waals surface area (Å²) in [6, 6.07) is 1.63. The van der Waals surface area contributed by atoms with Crippen LogP contribution < -0.4 is 5.32 Å². The van der Waals surface area contributed by atoms with Gasteiger partial charge in [0.2, 0.25) is 0 Å². The highest BCUT2D eigenvalue weighted by atomic mass is 15.2. The van der Waals surface area contributed by atoms with E-state index in [1.807, 2.05) is 0 Å². The van der Waals surface area contributed by atoms with Gasteiger partial charge in [0.25, 0.3) is 0 Å². The molecule has 1 atom stereocenters. The molecule has 0 radical (unpaired) electrons. The smallest absolute Gasteiger partial charge is 0.0220 e. The molecule has 0 bridgehead atoms. The highest BCUT2D eigenvalue weighted by molar-refractivity contribution is 4.79. The fourth-order valence-corrected chi connectivity index (χ4v) is 3.45. The first-order valence-corrected chi connectivity index (χ1v) is 7.88. The lowest BCUT2D eigenvalue weighted by molar-refractivity contribution is 0.218. The minimum atomic E-state index is 0.804. The van der Waals surface area contributed by atoms with Crippen LogP contribution in [0.1, 0.15) is 44.9 Å². The van der Waals surface area contributed by atoms with Crippen LogP contribution in [0.3, 0.4) is 0 Å². The molecule has 0 aromatic carbocycles. The van der Waals surface area contributed by atoms with Crippen molar-refractivity contribution in [2.75, 3.05) is 40.3 Å². The molecule has 1 unspecified atom stereocenters. The molecule has 3 heteroatoms. The first-order valence-electron chi connectivity index (χ1n) is 7.88. The number of hydrogen-bond donors (Lipinski definition) is 1. The Morgan fingerprint density at radius 3 is 2.61 bits per heavy atom. The molecule has 2 fully saturated rings. The van der Waals surface area contributed by atoms with Gasteiger partial charge < -0.3 is 15.1 Å². The second kappa shape index (κ2) is 7.46. The van der Waals surface area contributed by atoms with Crippen molar-refractivity contribution >= 4 is 0 Å². The minimum Gasteiger partial charge on any atom is -0.314 e. The van der Waals surface area contributed by atoms with Crippen LogP contribution in [0.2, 0.25) is 0 Å². The van der Waals surface area contributed by atoms with Gasteiger partial charge in [-0.25, -0.2) is 0 Å². The molecule has 1 N–H and O–H groups in total. The van der Waals surface area contributed by atoms with Crippen molar-refractivity contribution in [3.8, 4) is 0 Å². The highest BCUT2D eigenvalue weighted by Gasteiger charge is 2.21.